The molecule has 106 valence electrons. The fourth-order valence-corrected chi connectivity index (χ4v) is 2.88. The Morgan fingerprint density at radius 1 is 1.25 bits per heavy atom. The van der Waals surface area contributed by atoms with Gasteiger partial charge in [0.15, 0.2) is 0 Å². The number of hydrogen-bond donors (Lipinski definition) is 1. The summed E-state index contributed by atoms with van der Waals surface area (Å²) in [6.45, 7) is 0.214. The number of nitrogens with one attached hydrogen (secondary N) is 1. The summed E-state index contributed by atoms with van der Waals surface area (Å²) in [6, 6.07) is 8.83. The lowest BCUT2D eigenvalue weighted by atomic mass is 10.4. The third-order valence-electron chi connectivity index (χ3n) is 2.51. The normalized spacial score (nSPS) is 11.4. The van der Waals surface area contributed by atoms with Crippen LogP contribution in [0.25, 0.3) is 0 Å². The fraction of sp³-hybridized carbons (Fsp3) is 0.167. The average Bonchev–Trinajstić information content (AvgIpc) is 2.41. The third kappa shape index (κ3) is 3.66. The molecule has 0 bridgehead atoms. The number of sulfonamides is 1. The van der Waals surface area contributed by atoms with Gasteiger partial charge in [-0.25, -0.2) is 17.8 Å². The molecule has 0 atom stereocenters. The molecule has 0 saturated heterocycles. The number of halogens is 1. The van der Waals surface area contributed by atoms with Gasteiger partial charge >= 0.3 is 0 Å². The van der Waals surface area contributed by atoms with Gasteiger partial charge in [0, 0.05) is 23.8 Å². The van der Waals surface area contributed by atoms with Crippen LogP contribution >= 0.6 is 11.6 Å². The number of nitrogens with zero attached hydrogens (tertiary/aromatic N) is 2. The molecule has 0 aliphatic carbocycles. The molecule has 6 nitrogen and oxygen atoms in total. The summed E-state index contributed by atoms with van der Waals surface area (Å²) in [6.07, 6.45) is 1.47. The molecule has 0 radical (unpaired) electrons. The van der Waals surface area contributed by atoms with E-state index in [-0.39, 0.29) is 23.5 Å². The zero-order valence-electron chi connectivity index (χ0n) is 10.4. The Kier molecular flexibility index (Phi) is 4.53. The topological polar surface area (TPSA) is 81.1 Å². The second kappa shape index (κ2) is 6.17. The molecule has 20 heavy (non-hydrogen) atoms. The lowest BCUT2D eigenvalue weighted by Crippen LogP contribution is -2.31. The second-order valence-corrected chi connectivity index (χ2v) is 6.14. The maximum atomic E-state index is 12.0. The first kappa shape index (κ1) is 14.7. The highest BCUT2D eigenvalue weighted by molar-refractivity contribution is 7.89. The van der Waals surface area contributed by atoms with Crippen LogP contribution in [0, 0.1) is 0 Å². The molecule has 0 aliphatic heterocycles. The van der Waals surface area contributed by atoms with E-state index in [0.717, 1.165) is 0 Å². The average molecular weight is 314 g/mol. The number of rotatable bonds is 5. The van der Waals surface area contributed by atoms with Crippen molar-refractivity contribution in [1.82, 2.24) is 14.5 Å². The first-order valence-corrected chi connectivity index (χ1v) is 7.62. The van der Waals surface area contributed by atoms with Gasteiger partial charge in [0.2, 0.25) is 10.0 Å². The van der Waals surface area contributed by atoms with E-state index in [1.54, 1.807) is 12.1 Å². The minimum atomic E-state index is -3.64. The summed E-state index contributed by atoms with van der Waals surface area (Å²) >= 11 is 5.75. The van der Waals surface area contributed by atoms with Gasteiger partial charge in [-0.15, -0.1) is 0 Å². The zero-order valence-corrected chi connectivity index (χ0v) is 11.9. The Hall–Kier alpha value is -1.70. The first-order chi connectivity index (χ1) is 9.49. The minimum Gasteiger partial charge on any atom is -0.268 e. The number of benzene rings is 1. The summed E-state index contributed by atoms with van der Waals surface area (Å²) in [5.41, 5.74) is -0.283. The SMILES string of the molecule is O=c1cccnn1CCNS(=O)(=O)c1cccc(Cl)c1. The highest BCUT2D eigenvalue weighted by Crippen LogP contribution is 2.14. The van der Waals surface area contributed by atoms with E-state index in [0.29, 0.717) is 5.02 Å². The van der Waals surface area contributed by atoms with Gasteiger partial charge in [0.1, 0.15) is 0 Å². The summed E-state index contributed by atoms with van der Waals surface area (Å²) in [5, 5.41) is 4.17. The lowest BCUT2D eigenvalue weighted by Gasteiger charge is -2.07. The van der Waals surface area contributed by atoms with E-state index in [2.05, 4.69) is 9.82 Å². The Morgan fingerprint density at radius 2 is 2.05 bits per heavy atom. The molecule has 0 saturated carbocycles. The van der Waals surface area contributed by atoms with Crippen LogP contribution in [0.2, 0.25) is 5.02 Å². The maximum Gasteiger partial charge on any atom is 0.266 e. The fourth-order valence-electron chi connectivity index (χ4n) is 1.56. The highest BCUT2D eigenvalue weighted by atomic mass is 35.5. The zero-order chi connectivity index (χ0) is 14.6. The molecule has 0 fully saturated rings. The van der Waals surface area contributed by atoms with Gasteiger partial charge in [0.25, 0.3) is 5.56 Å². The molecule has 1 N–H and O–H groups in total. The van der Waals surface area contributed by atoms with E-state index < -0.39 is 10.0 Å². The maximum absolute atomic E-state index is 12.0. The van der Waals surface area contributed by atoms with Crippen LogP contribution in [0.4, 0.5) is 0 Å². The van der Waals surface area contributed by atoms with Crippen molar-refractivity contribution >= 4 is 21.6 Å². The van der Waals surface area contributed by atoms with Gasteiger partial charge in [-0.2, -0.15) is 5.10 Å². The van der Waals surface area contributed by atoms with Crippen molar-refractivity contribution < 1.29 is 8.42 Å². The van der Waals surface area contributed by atoms with Crippen LogP contribution in [-0.4, -0.2) is 24.7 Å². The highest BCUT2D eigenvalue weighted by Gasteiger charge is 2.13. The molecule has 0 unspecified atom stereocenters. The molecule has 1 heterocycles. The molecule has 0 amide bonds. The molecule has 8 heteroatoms. The van der Waals surface area contributed by atoms with Crippen molar-refractivity contribution in [2.45, 2.75) is 11.4 Å². The number of hydrogen-bond acceptors (Lipinski definition) is 4. The van der Waals surface area contributed by atoms with E-state index in [1.807, 2.05) is 0 Å². The number of aromatic nitrogens is 2. The van der Waals surface area contributed by atoms with Gasteiger partial charge in [-0.05, 0) is 24.3 Å². The van der Waals surface area contributed by atoms with Crippen molar-refractivity contribution in [1.29, 1.82) is 0 Å². The molecular weight excluding hydrogens is 302 g/mol. The van der Waals surface area contributed by atoms with Gasteiger partial charge in [0.05, 0.1) is 11.4 Å². The van der Waals surface area contributed by atoms with E-state index in [9.17, 15) is 13.2 Å². The van der Waals surface area contributed by atoms with E-state index >= 15 is 0 Å². The van der Waals surface area contributed by atoms with Crippen LogP contribution in [-0.2, 0) is 16.6 Å². The summed E-state index contributed by atoms with van der Waals surface area (Å²) in [7, 11) is -3.64. The Labute approximate surface area is 121 Å². The van der Waals surface area contributed by atoms with Gasteiger partial charge in [-0.1, -0.05) is 17.7 Å². The molecule has 2 rings (SSSR count). The Morgan fingerprint density at radius 3 is 2.75 bits per heavy atom. The third-order valence-corrected chi connectivity index (χ3v) is 4.20. The molecular formula is C12H12ClN3O3S. The standard InChI is InChI=1S/C12H12ClN3O3S/c13-10-3-1-4-11(9-10)20(18,19)15-7-8-16-12(17)5-2-6-14-16/h1-6,9,15H,7-8H2. The second-order valence-electron chi connectivity index (χ2n) is 3.94. The largest absolute Gasteiger partial charge is 0.268 e. The van der Waals surface area contributed by atoms with E-state index in [4.69, 9.17) is 11.6 Å². The van der Waals surface area contributed by atoms with Crippen LogP contribution in [0.1, 0.15) is 0 Å². The van der Waals surface area contributed by atoms with Crippen molar-refractivity contribution in [3.8, 4) is 0 Å². The van der Waals surface area contributed by atoms with Crippen LogP contribution in [0.15, 0.2) is 52.3 Å². The molecule has 2 aromatic rings. The Bertz CT molecular complexity index is 758. The van der Waals surface area contributed by atoms with Crippen molar-refractivity contribution in [3.05, 3.63) is 58.0 Å². The Balaban J connectivity index is 2.04. The summed E-state index contributed by atoms with van der Waals surface area (Å²) in [4.78, 5) is 11.5. The van der Waals surface area contributed by atoms with Crippen LogP contribution in [0.3, 0.4) is 0 Å². The molecule has 0 aliphatic rings. The molecule has 1 aromatic heterocycles. The van der Waals surface area contributed by atoms with E-state index in [1.165, 1.54) is 35.1 Å². The van der Waals surface area contributed by atoms with Crippen molar-refractivity contribution in [3.63, 3.8) is 0 Å². The van der Waals surface area contributed by atoms with Crippen molar-refractivity contribution in [2.75, 3.05) is 6.54 Å². The van der Waals surface area contributed by atoms with Crippen LogP contribution in [0.5, 0.6) is 0 Å². The predicted octanol–water partition coefficient (Wildman–Crippen LogP) is 0.875. The minimum absolute atomic E-state index is 0.0613. The van der Waals surface area contributed by atoms with Gasteiger partial charge in [-0.3, -0.25) is 4.79 Å². The summed E-state index contributed by atoms with van der Waals surface area (Å²) < 4.78 is 27.5. The monoisotopic (exact) mass is 313 g/mol. The van der Waals surface area contributed by atoms with Gasteiger partial charge < -0.3 is 0 Å². The van der Waals surface area contributed by atoms with Crippen molar-refractivity contribution in [2.24, 2.45) is 0 Å². The quantitative estimate of drug-likeness (QED) is 0.888. The molecule has 0 spiro atoms. The smallest absolute Gasteiger partial charge is 0.266 e. The van der Waals surface area contributed by atoms with Crippen LogP contribution < -0.4 is 10.3 Å². The predicted molar refractivity (Wildman–Crippen MR) is 75.1 cm³/mol. The first-order valence-electron chi connectivity index (χ1n) is 5.76. The molecule has 1 aromatic carbocycles. The lowest BCUT2D eigenvalue weighted by molar-refractivity contribution is 0.547. The summed E-state index contributed by atoms with van der Waals surface area (Å²) in [5.74, 6) is 0.